The van der Waals surface area contributed by atoms with Gasteiger partial charge in [-0.15, -0.1) is 0 Å². The fraction of sp³-hybridized carbons (Fsp3) is 0.435. The molecule has 0 spiro atoms. The van der Waals surface area contributed by atoms with Crippen LogP contribution in [0.5, 0.6) is 0 Å². The largest absolute Gasteiger partial charge is 0.352 e. The molecule has 1 fully saturated rings. The molecule has 4 rings (SSSR count). The van der Waals surface area contributed by atoms with E-state index in [1.54, 1.807) is 6.20 Å². The number of urea groups is 1. The van der Waals surface area contributed by atoms with Crippen LogP contribution < -0.4 is 10.2 Å². The predicted molar refractivity (Wildman–Crippen MR) is 126 cm³/mol. The lowest BCUT2D eigenvalue weighted by atomic mass is 10.0. The summed E-state index contributed by atoms with van der Waals surface area (Å²) < 4.78 is 1.93. The third kappa shape index (κ3) is 4.46. The average Bonchev–Trinajstić information content (AvgIpc) is 3.02. The highest BCUT2D eigenvalue weighted by Crippen LogP contribution is 2.26. The fourth-order valence-corrected chi connectivity index (χ4v) is 4.43. The minimum atomic E-state index is -0.139. The number of nitrogens with zero attached hydrogens (tertiary/aromatic N) is 5. The Morgan fingerprint density at radius 3 is 2.81 bits per heavy atom. The number of piperazine rings is 1. The van der Waals surface area contributed by atoms with E-state index in [1.165, 1.54) is 5.56 Å². The fourth-order valence-electron chi connectivity index (χ4n) is 4.18. The number of fused-ring (bicyclic) bond motifs is 1. The maximum Gasteiger partial charge on any atom is 0.324 e. The van der Waals surface area contributed by atoms with E-state index in [-0.39, 0.29) is 12.1 Å². The van der Waals surface area contributed by atoms with Crippen LogP contribution in [0.25, 0.3) is 11.0 Å². The number of nitrogens with one attached hydrogen (secondary N) is 1. The van der Waals surface area contributed by atoms with Crippen molar-refractivity contribution in [1.29, 1.82) is 0 Å². The molecule has 3 heterocycles. The van der Waals surface area contributed by atoms with Crippen LogP contribution in [0.4, 0.5) is 16.6 Å². The Balaban J connectivity index is 1.46. The summed E-state index contributed by atoms with van der Waals surface area (Å²) in [5.74, 6) is 1.91. The zero-order valence-electron chi connectivity index (χ0n) is 18.5. The van der Waals surface area contributed by atoms with E-state index in [0.29, 0.717) is 36.5 Å². The van der Waals surface area contributed by atoms with Crippen molar-refractivity contribution in [2.75, 3.05) is 29.9 Å². The number of amides is 2. The van der Waals surface area contributed by atoms with E-state index >= 15 is 0 Å². The Morgan fingerprint density at radius 1 is 1.29 bits per heavy atom. The summed E-state index contributed by atoms with van der Waals surface area (Å²) in [7, 11) is 1.93. The maximum absolute atomic E-state index is 13.0. The lowest BCUT2D eigenvalue weighted by Crippen LogP contribution is -2.55. The van der Waals surface area contributed by atoms with Gasteiger partial charge in [0.2, 0.25) is 5.95 Å². The van der Waals surface area contributed by atoms with Crippen molar-refractivity contribution in [2.24, 2.45) is 13.0 Å². The zero-order chi connectivity index (χ0) is 22.1. The van der Waals surface area contributed by atoms with Gasteiger partial charge in [0.05, 0.1) is 16.1 Å². The molecule has 0 radical (unpaired) electrons. The number of anilines is 2. The van der Waals surface area contributed by atoms with E-state index in [0.717, 1.165) is 23.3 Å². The van der Waals surface area contributed by atoms with Crippen LogP contribution in [-0.4, -0.2) is 51.1 Å². The van der Waals surface area contributed by atoms with Gasteiger partial charge in [0.25, 0.3) is 0 Å². The zero-order valence-corrected chi connectivity index (χ0v) is 19.2. The highest BCUT2D eigenvalue weighted by Gasteiger charge is 2.29. The third-order valence-electron chi connectivity index (χ3n) is 5.73. The Labute approximate surface area is 188 Å². The number of benzene rings is 1. The number of carbonyl (C=O) groups excluding carboxylic acids is 1. The van der Waals surface area contributed by atoms with Gasteiger partial charge >= 0.3 is 6.03 Å². The van der Waals surface area contributed by atoms with Crippen molar-refractivity contribution in [3.8, 4) is 0 Å². The Kier molecular flexibility index (Phi) is 6.05. The first-order chi connectivity index (χ1) is 14.8. The van der Waals surface area contributed by atoms with Gasteiger partial charge < -0.3 is 14.4 Å². The number of aryl methyl sites for hydroxylation is 1. The van der Waals surface area contributed by atoms with Gasteiger partial charge in [-0.2, -0.15) is 0 Å². The molecule has 2 aromatic heterocycles. The lowest BCUT2D eigenvalue weighted by molar-refractivity contribution is 0.184. The normalized spacial score (nSPS) is 16.9. The first-order valence-electron chi connectivity index (χ1n) is 10.7. The number of hydrogen-bond donors (Lipinski definition) is 1. The summed E-state index contributed by atoms with van der Waals surface area (Å²) >= 11 is 6.30. The second kappa shape index (κ2) is 8.75. The Bertz CT molecular complexity index is 1090. The highest BCUT2D eigenvalue weighted by atomic mass is 35.5. The number of halogens is 1. The summed E-state index contributed by atoms with van der Waals surface area (Å²) in [5.41, 5.74) is 3.17. The highest BCUT2D eigenvalue weighted by molar-refractivity contribution is 6.32. The van der Waals surface area contributed by atoms with Crippen LogP contribution in [0.3, 0.4) is 0 Å². The molecule has 0 unspecified atom stereocenters. The van der Waals surface area contributed by atoms with Crippen molar-refractivity contribution in [1.82, 2.24) is 19.4 Å². The van der Waals surface area contributed by atoms with Gasteiger partial charge in [-0.3, -0.25) is 5.32 Å². The SMILES string of the molecule is CC(C)Cc1ccc2c(c1)nc(NC(=O)N1CCN(c3ncccc3Cl)C[C@H]1C)n2C. The van der Waals surface area contributed by atoms with E-state index in [9.17, 15) is 4.79 Å². The van der Waals surface area contributed by atoms with Crippen molar-refractivity contribution in [3.63, 3.8) is 0 Å². The molecule has 7 nitrogen and oxygen atoms in total. The summed E-state index contributed by atoms with van der Waals surface area (Å²) in [6.45, 7) is 8.38. The molecule has 0 aliphatic carbocycles. The van der Waals surface area contributed by atoms with Crippen LogP contribution >= 0.6 is 11.6 Å². The third-order valence-corrected chi connectivity index (χ3v) is 6.03. The molecule has 1 atom stereocenters. The minimum absolute atomic E-state index is 0.0131. The topological polar surface area (TPSA) is 66.3 Å². The van der Waals surface area contributed by atoms with Crippen molar-refractivity contribution >= 4 is 40.4 Å². The van der Waals surface area contributed by atoms with Gasteiger partial charge in [-0.1, -0.05) is 31.5 Å². The van der Waals surface area contributed by atoms with E-state index in [2.05, 4.69) is 52.2 Å². The van der Waals surface area contributed by atoms with E-state index < -0.39 is 0 Å². The number of imidazole rings is 1. The van der Waals surface area contributed by atoms with Gasteiger partial charge in [0.15, 0.2) is 0 Å². The Hall–Kier alpha value is -2.80. The standard InChI is InChI=1S/C23H29ClN6O/c1-15(2)12-17-7-8-20-19(13-17)26-22(28(20)4)27-23(31)30-11-10-29(14-16(30)3)21-18(24)6-5-9-25-21/h5-9,13,15-16H,10-12,14H2,1-4H3,(H,26,27,31)/t16-/m1/s1. The molecule has 1 saturated heterocycles. The maximum atomic E-state index is 13.0. The molecule has 0 bridgehead atoms. The number of carbonyl (C=O) groups is 1. The Morgan fingerprint density at radius 2 is 2.10 bits per heavy atom. The van der Waals surface area contributed by atoms with Crippen molar-refractivity contribution in [2.45, 2.75) is 33.2 Å². The minimum Gasteiger partial charge on any atom is -0.352 e. The van der Waals surface area contributed by atoms with Gasteiger partial charge in [0.1, 0.15) is 5.82 Å². The molecule has 1 aliphatic rings. The van der Waals surface area contributed by atoms with Gasteiger partial charge in [0, 0.05) is 38.9 Å². The molecule has 1 aromatic carbocycles. The molecule has 8 heteroatoms. The first-order valence-corrected chi connectivity index (χ1v) is 11.1. The van der Waals surface area contributed by atoms with Crippen molar-refractivity contribution in [3.05, 3.63) is 47.1 Å². The molecule has 1 aliphatic heterocycles. The quantitative estimate of drug-likeness (QED) is 0.645. The molecular formula is C23H29ClN6O. The van der Waals surface area contributed by atoms with E-state index in [4.69, 9.17) is 11.6 Å². The molecule has 2 amide bonds. The first kappa shape index (κ1) is 21.4. The number of aromatic nitrogens is 3. The summed E-state index contributed by atoms with van der Waals surface area (Å²) in [6.07, 6.45) is 2.75. The molecule has 31 heavy (non-hydrogen) atoms. The predicted octanol–water partition coefficient (Wildman–Crippen LogP) is 4.56. The van der Waals surface area contributed by atoms with Crippen molar-refractivity contribution < 1.29 is 4.79 Å². The van der Waals surface area contributed by atoms with Crippen LogP contribution in [0, 0.1) is 5.92 Å². The van der Waals surface area contributed by atoms with Crippen LogP contribution in [0.2, 0.25) is 5.02 Å². The number of hydrogen-bond acceptors (Lipinski definition) is 4. The second-order valence-electron chi connectivity index (χ2n) is 8.64. The smallest absolute Gasteiger partial charge is 0.324 e. The molecule has 3 aromatic rings. The average molecular weight is 441 g/mol. The molecule has 164 valence electrons. The van der Waals surface area contributed by atoms with Gasteiger partial charge in [-0.25, -0.2) is 14.8 Å². The number of rotatable bonds is 4. The molecular weight excluding hydrogens is 412 g/mol. The monoisotopic (exact) mass is 440 g/mol. The second-order valence-corrected chi connectivity index (χ2v) is 9.05. The number of pyridine rings is 1. The van der Waals surface area contributed by atoms with E-state index in [1.807, 2.05) is 35.6 Å². The van der Waals surface area contributed by atoms with Crippen LogP contribution in [-0.2, 0) is 13.5 Å². The lowest BCUT2D eigenvalue weighted by Gasteiger charge is -2.40. The summed E-state index contributed by atoms with van der Waals surface area (Å²) in [6, 6.07) is 9.86. The summed E-state index contributed by atoms with van der Waals surface area (Å²) in [5, 5.41) is 3.63. The van der Waals surface area contributed by atoms with Crippen LogP contribution in [0.15, 0.2) is 36.5 Å². The van der Waals surface area contributed by atoms with Gasteiger partial charge in [-0.05, 0) is 49.1 Å². The van der Waals surface area contributed by atoms with Crippen LogP contribution in [0.1, 0.15) is 26.3 Å². The molecule has 1 N–H and O–H groups in total. The summed E-state index contributed by atoms with van der Waals surface area (Å²) in [4.78, 5) is 26.1. The molecule has 0 saturated carbocycles.